The third-order valence-corrected chi connectivity index (χ3v) is 5.08. The minimum Gasteiger partial charge on any atom is -0.337 e. The van der Waals surface area contributed by atoms with Crippen LogP contribution in [0, 0.1) is 11.8 Å². The van der Waals surface area contributed by atoms with Gasteiger partial charge in [0.1, 0.15) is 17.0 Å². The molecule has 130 valence electrons. The van der Waals surface area contributed by atoms with E-state index in [9.17, 15) is 9.59 Å². The van der Waals surface area contributed by atoms with Crippen LogP contribution in [-0.4, -0.2) is 37.8 Å². The number of pyridine rings is 1. The van der Waals surface area contributed by atoms with Crippen molar-refractivity contribution in [2.75, 3.05) is 13.1 Å². The van der Waals surface area contributed by atoms with Crippen molar-refractivity contribution in [2.45, 2.75) is 20.3 Å². The predicted octanol–water partition coefficient (Wildman–Crippen LogP) is 2.30. The second-order valence-corrected chi connectivity index (χ2v) is 7.33. The highest BCUT2D eigenvalue weighted by Crippen LogP contribution is 2.24. The molecule has 1 aliphatic heterocycles. The molecule has 6 nitrogen and oxygen atoms in total. The molecule has 25 heavy (non-hydrogen) atoms. The molecule has 0 unspecified atom stereocenters. The van der Waals surface area contributed by atoms with Crippen LogP contribution in [0.3, 0.4) is 0 Å². The van der Waals surface area contributed by atoms with Crippen LogP contribution in [0.4, 0.5) is 0 Å². The van der Waals surface area contributed by atoms with Crippen LogP contribution in [0.1, 0.15) is 30.8 Å². The van der Waals surface area contributed by atoms with E-state index in [1.165, 1.54) is 4.40 Å². The molecule has 0 radical (unpaired) electrons. The zero-order chi connectivity index (χ0) is 17.7. The van der Waals surface area contributed by atoms with E-state index in [0.29, 0.717) is 34.2 Å². The van der Waals surface area contributed by atoms with E-state index in [4.69, 9.17) is 0 Å². The lowest BCUT2D eigenvalue weighted by molar-refractivity contribution is 0.0614. The molecule has 0 N–H and O–H groups in total. The van der Waals surface area contributed by atoms with Gasteiger partial charge in [-0.1, -0.05) is 19.9 Å². The van der Waals surface area contributed by atoms with Gasteiger partial charge in [-0.3, -0.25) is 14.0 Å². The maximum atomic E-state index is 13.1. The molecule has 6 heteroatoms. The number of hydrogen-bond acceptors (Lipinski definition) is 3. The third-order valence-electron chi connectivity index (χ3n) is 5.08. The van der Waals surface area contributed by atoms with Gasteiger partial charge in [0.05, 0.1) is 5.39 Å². The molecule has 1 amide bonds. The van der Waals surface area contributed by atoms with Gasteiger partial charge in [-0.2, -0.15) is 0 Å². The van der Waals surface area contributed by atoms with E-state index in [1.807, 2.05) is 11.0 Å². The number of rotatable bonds is 1. The molecular weight excluding hydrogens is 316 g/mol. The molecule has 3 aromatic heterocycles. The molecule has 4 heterocycles. The van der Waals surface area contributed by atoms with Gasteiger partial charge in [0.25, 0.3) is 11.5 Å². The SMILES string of the molecule is C[C@@H]1C[C@@H](C)CN(C(=O)c2cc3c(=O)n4ccccc4nc3n2C)C1. The van der Waals surface area contributed by atoms with Gasteiger partial charge in [0, 0.05) is 26.3 Å². The van der Waals surface area contributed by atoms with Crippen LogP contribution >= 0.6 is 0 Å². The Labute approximate surface area is 145 Å². The average Bonchev–Trinajstić information content (AvgIpc) is 2.91. The average molecular weight is 338 g/mol. The maximum absolute atomic E-state index is 13.1. The highest BCUT2D eigenvalue weighted by Gasteiger charge is 2.28. The summed E-state index contributed by atoms with van der Waals surface area (Å²) in [6.45, 7) is 5.88. The second-order valence-electron chi connectivity index (χ2n) is 7.33. The van der Waals surface area contributed by atoms with Crippen molar-refractivity contribution >= 4 is 22.6 Å². The molecular formula is C19H22N4O2. The summed E-state index contributed by atoms with van der Waals surface area (Å²) in [5, 5.41) is 0.479. The Morgan fingerprint density at radius 2 is 1.92 bits per heavy atom. The van der Waals surface area contributed by atoms with Gasteiger partial charge in [-0.05, 0) is 36.5 Å². The number of piperidine rings is 1. The largest absolute Gasteiger partial charge is 0.337 e. The zero-order valence-corrected chi connectivity index (χ0v) is 14.8. The van der Waals surface area contributed by atoms with E-state index in [-0.39, 0.29) is 11.5 Å². The van der Waals surface area contributed by atoms with Crippen molar-refractivity contribution in [3.63, 3.8) is 0 Å². The number of amides is 1. The Hall–Kier alpha value is -2.63. The highest BCUT2D eigenvalue weighted by molar-refractivity contribution is 5.98. The first-order valence-electron chi connectivity index (χ1n) is 8.72. The van der Waals surface area contributed by atoms with E-state index >= 15 is 0 Å². The minimum absolute atomic E-state index is 0.0210. The Morgan fingerprint density at radius 3 is 2.64 bits per heavy atom. The maximum Gasteiger partial charge on any atom is 0.270 e. The first-order valence-corrected chi connectivity index (χ1v) is 8.72. The number of aryl methyl sites for hydroxylation is 1. The van der Waals surface area contributed by atoms with Gasteiger partial charge in [0.2, 0.25) is 0 Å². The first-order chi connectivity index (χ1) is 12.0. The fraction of sp³-hybridized carbons (Fsp3) is 0.421. The number of carbonyl (C=O) groups is 1. The van der Waals surface area contributed by atoms with Crippen LogP contribution in [0.2, 0.25) is 0 Å². The molecule has 1 saturated heterocycles. The zero-order valence-electron chi connectivity index (χ0n) is 14.8. The number of hydrogen-bond donors (Lipinski definition) is 0. The molecule has 4 rings (SSSR count). The predicted molar refractivity (Wildman–Crippen MR) is 96.8 cm³/mol. The van der Waals surface area contributed by atoms with E-state index in [2.05, 4.69) is 18.8 Å². The second kappa shape index (κ2) is 5.72. The Kier molecular flexibility index (Phi) is 3.63. The van der Waals surface area contributed by atoms with Crippen molar-refractivity contribution < 1.29 is 4.79 Å². The van der Waals surface area contributed by atoms with E-state index < -0.39 is 0 Å². The monoisotopic (exact) mass is 338 g/mol. The molecule has 0 bridgehead atoms. The van der Waals surface area contributed by atoms with Crippen LogP contribution in [0.25, 0.3) is 16.7 Å². The summed E-state index contributed by atoms with van der Waals surface area (Å²) in [6, 6.07) is 7.13. The number of likely N-dealkylation sites (tertiary alicyclic amines) is 1. The first kappa shape index (κ1) is 15.9. The summed E-state index contributed by atoms with van der Waals surface area (Å²) < 4.78 is 3.26. The minimum atomic E-state index is -0.143. The van der Waals surface area contributed by atoms with Crippen LogP contribution < -0.4 is 5.56 Å². The van der Waals surface area contributed by atoms with Crippen molar-refractivity contribution in [3.8, 4) is 0 Å². The molecule has 3 aromatic rings. The van der Waals surface area contributed by atoms with Gasteiger partial charge >= 0.3 is 0 Å². The number of aromatic nitrogens is 3. The third kappa shape index (κ3) is 2.52. The summed E-state index contributed by atoms with van der Waals surface area (Å²) in [5.74, 6) is 0.967. The summed E-state index contributed by atoms with van der Waals surface area (Å²) in [5.41, 5.74) is 1.52. The van der Waals surface area contributed by atoms with Crippen molar-refractivity contribution in [1.29, 1.82) is 0 Å². The van der Waals surface area contributed by atoms with Gasteiger partial charge in [-0.25, -0.2) is 4.98 Å². The smallest absolute Gasteiger partial charge is 0.270 e. The lowest BCUT2D eigenvalue weighted by Crippen LogP contribution is -2.43. The quantitative estimate of drug-likeness (QED) is 0.684. The lowest BCUT2D eigenvalue weighted by Gasteiger charge is -2.35. The lowest BCUT2D eigenvalue weighted by atomic mass is 9.92. The van der Waals surface area contributed by atoms with Crippen molar-refractivity contribution in [2.24, 2.45) is 18.9 Å². The highest BCUT2D eigenvalue weighted by atomic mass is 16.2. The van der Waals surface area contributed by atoms with Gasteiger partial charge in [0.15, 0.2) is 0 Å². The van der Waals surface area contributed by atoms with Crippen LogP contribution in [-0.2, 0) is 7.05 Å². The van der Waals surface area contributed by atoms with Crippen LogP contribution in [0.5, 0.6) is 0 Å². The van der Waals surface area contributed by atoms with E-state index in [1.54, 1.807) is 36.0 Å². The summed E-state index contributed by atoms with van der Waals surface area (Å²) in [6.07, 6.45) is 2.85. The van der Waals surface area contributed by atoms with Crippen molar-refractivity contribution in [3.05, 3.63) is 46.5 Å². The molecule has 0 saturated carbocycles. The molecule has 1 fully saturated rings. The molecule has 0 aliphatic carbocycles. The standard InChI is InChI=1S/C19H22N4O2/c1-12-8-13(2)11-22(10-12)19(25)15-9-14-17(21(15)3)20-16-6-4-5-7-23(16)18(14)24/h4-7,9,12-13H,8,10-11H2,1-3H3/t12-,13-/m1/s1. The Balaban J connectivity index is 1.84. The fourth-order valence-electron chi connectivity index (χ4n) is 4.02. The fourth-order valence-corrected chi connectivity index (χ4v) is 4.02. The number of nitrogens with zero attached hydrogens (tertiary/aromatic N) is 4. The van der Waals surface area contributed by atoms with Crippen LogP contribution in [0.15, 0.2) is 35.3 Å². The topological polar surface area (TPSA) is 59.6 Å². The molecule has 0 aromatic carbocycles. The Morgan fingerprint density at radius 1 is 1.20 bits per heavy atom. The normalized spacial score (nSPS) is 21.2. The van der Waals surface area contributed by atoms with Crippen molar-refractivity contribution in [1.82, 2.24) is 18.9 Å². The molecule has 1 aliphatic rings. The Bertz CT molecular complexity index is 1020. The van der Waals surface area contributed by atoms with Gasteiger partial charge in [-0.15, -0.1) is 0 Å². The summed E-state index contributed by atoms with van der Waals surface area (Å²) in [4.78, 5) is 32.3. The van der Waals surface area contributed by atoms with E-state index in [0.717, 1.165) is 19.5 Å². The number of carbonyl (C=O) groups excluding carboxylic acids is 1. The number of fused-ring (bicyclic) bond motifs is 2. The summed E-state index contributed by atoms with van der Waals surface area (Å²) >= 11 is 0. The van der Waals surface area contributed by atoms with Gasteiger partial charge < -0.3 is 9.47 Å². The molecule has 2 atom stereocenters. The summed E-state index contributed by atoms with van der Waals surface area (Å²) in [7, 11) is 1.80. The molecule has 0 spiro atoms.